The largest absolute Gasteiger partial charge is 0.409 e. The summed E-state index contributed by atoms with van der Waals surface area (Å²) in [6, 6.07) is -0.548. The predicted molar refractivity (Wildman–Crippen MR) is 69.5 cm³/mol. The first-order valence-electron chi connectivity index (χ1n) is 6.12. The van der Waals surface area contributed by atoms with Crippen molar-refractivity contribution in [1.82, 2.24) is 9.03 Å². The Morgan fingerprint density at radius 2 is 2.22 bits per heavy atom. The molecule has 0 radical (unpaired) electrons. The smallest absolute Gasteiger partial charge is 0.280 e. The molecule has 0 amide bonds. The summed E-state index contributed by atoms with van der Waals surface area (Å²) in [4.78, 5) is 0. The van der Waals surface area contributed by atoms with E-state index >= 15 is 0 Å². The molecule has 0 aromatic carbocycles. The van der Waals surface area contributed by atoms with Gasteiger partial charge in [-0.15, -0.1) is 0 Å². The van der Waals surface area contributed by atoms with Gasteiger partial charge < -0.3 is 10.9 Å². The van der Waals surface area contributed by atoms with E-state index in [-0.39, 0.29) is 11.8 Å². The first kappa shape index (κ1) is 15.2. The fourth-order valence-electron chi connectivity index (χ4n) is 1.91. The number of nitrogens with one attached hydrogen (secondary N) is 1. The fourth-order valence-corrected chi connectivity index (χ4v) is 3.54. The SMILES string of the molecule is CC(C)CNS(=O)(=O)N1CCCCC1C(N)=NO. The Bertz CT molecular complexity index is 394. The number of hydrogen-bond acceptors (Lipinski definition) is 4. The quantitative estimate of drug-likeness (QED) is 0.286. The zero-order valence-corrected chi connectivity index (χ0v) is 11.7. The lowest BCUT2D eigenvalue weighted by molar-refractivity contribution is 0.278. The van der Waals surface area contributed by atoms with Gasteiger partial charge in [-0.25, -0.2) is 4.72 Å². The van der Waals surface area contributed by atoms with Crippen LogP contribution in [0.25, 0.3) is 0 Å². The van der Waals surface area contributed by atoms with Crippen molar-refractivity contribution in [3.8, 4) is 0 Å². The molecule has 1 heterocycles. The van der Waals surface area contributed by atoms with Crippen LogP contribution in [0.15, 0.2) is 5.16 Å². The number of oxime groups is 1. The van der Waals surface area contributed by atoms with Crippen LogP contribution in [-0.4, -0.2) is 42.9 Å². The maximum Gasteiger partial charge on any atom is 0.280 e. The average Bonchev–Trinajstić information content (AvgIpc) is 2.35. The third-order valence-electron chi connectivity index (χ3n) is 2.89. The zero-order valence-electron chi connectivity index (χ0n) is 10.8. The number of piperidine rings is 1. The molecule has 18 heavy (non-hydrogen) atoms. The lowest BCUT2D eigenvalue weighted by Crippen LogP contribution is -2.54. The first-order chi connectivity index (χ1) is 8.38. The third kappa shape index (κ3) is 3.82. The van der Waals surface area contributed by atoms with Crippen LogP contribution in [-0.2, 0) is 10.2 Å². The van der Waals surface area contributed by atoms with Gasteiger partial charge in [0.1, 0.15) is 0 Å². The lowest BCUT2D eigenvalue weighted by Gasteiger charge is -2.33. The highest BCUT2D eigenvalue weighted by Gasteiger charge is 2.34. The van der Waals surface area contributed by atoms with Gasteiger partial charge in [-0.3, -0.25) is 0 Å². The van der Waals surface area contributed by atoms with Crippen molar-refractivity contribution in [3.63, 3.8) is 0 Å². The summed E-state index contributed by atoms with van der Waals surface area (Å²) in [5, 5.41) is 11.6. The maximum atomic E-state index is 12.1. The summed E-state index contributed by atoms with van der Waals surface area (Å²) in [5.41, 5.74) is 5.56. The lowest BCUT2D eigenvalue weighted by atomic mass is 10.0. The van der Waals surface area contributed by atoms with Crippen LogP contribution in [0.2, 0.25) is 0 Å². The number of amidine groups is 1. The van der Waals surface area contributed by atoms with Crippen LogP contribution in [0, 0.1) is 5.92 Å². The van der Waals surface area contributed by atoms with Gasteiger partial charge in [-0.05, 0) is 18.8 Å². The van der Waals surface area contributed by atoms with Gasteiger partial charge in [0.05, 0.1) is 6.04 Å². The number of nitrogens with two attached hydrogens (primary N) is 1. The van der Waals surface area contributed by atoms with Gasteiger partial charge in [0.15, 0.2) is 5.84 Å². The Balaban J connectivity index is 2.82. The maximum absolute atomic E-state index is 12.1. The summed E-state index contributed by atoms with van der Waals surface area (Å²) in [5.74, 6) is 0.177. The molecule has 1 rings (SSSR count). The van der Waals surface area contributed by atoms with E-state index in [9.17, 15) is 8.42 Å². The molecular formula is C10H22N4O3S. The molecule has 1 saturated heterocycles. The second-order valence-corrected chi connectivity index (χ2v) is 6.60. The highest BCUT2D eigenvalue weighted by Crippen LogP contribution is 2.20. The van der Waals surface area contributed by atoms with E-state index in [2.05, 4.69) is 9.88 Å². The van der Waals surface area contributed by atoms with Gasteiger partial charge in [0.2, 0.25) is 0 Å². The van der Waals surface area contributed by atoms with Gasteiger partial charge in [-0.1, -0.05) is 25.4 Å². The number of rotatable bonds is 5. The molecule has 0 spiro atoms. The van der Waals surface area contributed by atoms with Crippen molar-refractivity contribution in [2.75, 3.05) is 13.1 Å². The van der Waals surface area contributed by atoms with E-state index in [1.165, 1.54) is 4.31 Å². The van der Waals surface area contributed by atoms with Crippen molar-refractivity contribution in [1.29, 1.82) is 0 Å². The molecule has 0 aromatic rings. The topological polar surface area (TPSA) is 108 Å². The van der Waals surface area contributed by atoms with Crippen LogP contribution < -0.4 is 10.5 Å². The van der Waals surface area contributed by atoms with Crippen LogP contribution in [0.1, 0.15) is 33.1 Å². The Morgan fingerprint density at radius 3 is 2.78 bits per heavy atom. The fraction of sp³-hybridized carbons (Fsp3) is 0.900. The van der Waals surface area contributed by atoms with E-state index in [0.29, 0.717) is 19.5 Å². The molecule has 1 atom stereocenters. The monoisotopic (exact) mass is 278 g/mol. The molecule has 1 fully saturated rings. The molecule has 0 bridgehead atoms. The van der Waals surface area contributed by atoms with E-state index in [1.54, 1.807) is 0 Å². The van der Waals surface area contributed by atoms with E-state index in [1.807, 2.05) is 13.8 Å². The summed E-state index contributed by atoms with van der Waals surface area (Å²) in [6.07, 6.45) is 2.24. The molecule has 8 heteroatoms. The number of hydrogen-bond donors (Lipinski definition) is 3. The van der Waals surface area contributed by atoms with Gasteiger partial charge in [0, 0.05) is 13.1 Å². The minimum Gasteiger partial charge on any atom is -0.409 e. The Morgan fingerprint density at radius 1 is 1.56 bits per heavy atom. The van der Waals surface area contributed by atoms with E-state index in [4.69, 9.17) is 10.9 Å². The first-order valence-corrected chi connectivity index (χ1v) is 7.56. The molecule has 0 saturated carbocycles. The van der Waals surface area contributed by atoms with Crippen molar-refractivity contribution < 1.29 is 13.6 Å². The van der Waals surface area contributed by atoms with Gasteiger partial charge in [0.25, 0.3) is 10.2 Å². The van der Waals surface area contributed by atoms with Gasteiger partial charge >= 0.3 is 0 Å². The van der Waals surface area contributed by atoms with Crippen LogP contribution in [0.4, 0.5) is 0 Å². The summed E-state index contributed by atoms with van der Waals surface area (Å²) < 4.78 is 28.1. The Hall–Kier alpha value is -0.860. The zero-order chi connectivity index (χ0) is 13.8. The van der Waals surface area contributed by atoms with Crippen LogP contribution in [0.5, 0.6) is 0 Å². The highest BCUT2D eigenvalue weighted by atomic mass is 32.2. The molecule has 1 aliphatic rings. The second kappa shape index (κ2) is 6.35. The van der Waals surface area contributed by atoms with Crippen molar-refractivity contribution in [2.45, 2.75) is 39.2 Å². The molecule has 0 aliphatic carbocycles. The van der Waals surface area contributed by atoms with Crippen molar-refractivity contribution in [3.05, 3.63) is 0 Å². The normalized spacial score (nSPS) is 23.5. The molecule has 4 N–H and O–H groups in total. The minimum atomic E-state index is -3.57. The minimum absolute atomic E-state index is 0.0513. The number of nitrogens with zero attached hydrogens (tertiary/aromatic N) is 2. The van der Waals surface area contributed by atoms with E-state index < -0.39 is 16.3 Å². The summed E-state index contributed by atoms with van der Waals surface area (Å²) in [7, 11) is -3.57. The van der Waals surface area contributed by atoms with E-state index in [0.717, 1.165) is 12.8 Å². The molecule has 106 valence electrons. The Labute approximate surface area is 108 Å². The van der Waals surface area contributed by atoms with Gasteiger partial charge in [-0.2, -0.15) is 12.7 Å². The van der Waals surface area contributed by atoms with Crippen LogP contribution >= 0.6 is 0 Å². The average molecular weight is 278 g/mol. The molecule has 0 aromatic heterocycles. The predicted octanol–water partition coefficient (Wildman–Crippen LogP) is 0.0777. The van der Waals surface area contributed by atoms with Crippen molar-refractivity contribution >= 4 is 16.0 Å². The second-order valence-electron chi connectivity index (χ2n) is 4.89. The molecule has 1 aliphatic heterocycles. The summed E-state index contributed by atoms with van der Waals surface area (Å²) in [6.45, 7) is 4.63. The standard InChI is InChI=1S/C10H22N4O3S/c1-8(2)7-12-18(16,17)14-6-4-3-5-9(14)10(11)13-15/h8-9,12,15H,3-7H2,1-2H3,(H2,11,13). The molecule has 7 nitrogen and oxygen atoms in total. The highest BCUT2D eigenvalue weighted by molar-refractivity contribution is 7.87. The Kier molecular flexibility index (Phi) is 5.36. The van der Waals surface area contributed by atoms with Crippen LogP contribution in [0.3, 0.4) is 0 Å². The molecular weight excluding hydrogens is 256 g/mol. The van der Waals surface area contributed by atoms with Crippen molar-refractivity contribution in [2.24, 2.45) is 16.8 Å². The third-order valence-corrected chi connectivity index (χ3v) is 4.48. The molecule has 1 unspecified atom stereocenters. The summed E-state index contributed by atoms with van der Waals surface area (Å²) >= 11 is 0.